The first-order chi connectivity index (χ1) is 13.7. The monoisotopic (exact) mass is 425 g/mol. The number of amides is 1. The van der Waals surface area contributed by atoms with Crippen molar-refractivity contribution < 1.29 is 22.9 Å². The molecule has 154 valence electrons. The fraction of sp³-hybridized carbons (Fsp3) is 0.316. The zero-order valence-electron chi connectivity index (χ0n) is 15.2. The molecule has 0 aromatic heterocycles. The van der Waals surface area contributed by atoms with Gasteiger partial charge in [-0.15, -0.1) is 11.8 Å². The van der Waals surface area contributed by atoms with Crippen LogP contribution in [0.1, 0.15) is 18.4 Å². The minimum absolute atomic E-state index is 0.0342. The van der Waals surface area contributed by atoms with E-state index in [0.717, 1.165) is 49.8 Å². The third-order valence-corrected chi connectivity index (χ3v) is 5.47. The number of non-ortho nitro benzene ring substituents is 1. The third kappa shape index (κ3) is 5.41. The van der Waals surface area contributed by atoms with Crippen LogP contribution in [-0.2, 0) is 11.0 Å². The smallest absolute Gasteiger partial charge is 0.370 e. The van der Waals surface area contributed by atoms with E-state index in [0.29, 0.717) is 10.6 Å². The van der Waals surface area contributed by atoms with Gasteiger partial charge in [0.1, 0.15) is 0 Å². The number of thioether (sulfide) groups is 1. The van der Waals surface area contributed by atoms with Gasteiger partial charge in [-0.25, -0.2) is 0 Å². The highest BCUT2D eigenvalue weighted by atomic mass is 32.2. The Kier molecular flexibility index (Phi) is 6.31. The van der Waals surface area contributed by atoms with Crippen molar-refractivity contribution >= 4 is 34.7 Å². The molecule has 2 aromatic rings. The zero-order chi connectivity index (χ0) is 21.0. The second-order valence-corrected chi connectivity index (χ2v) is 7.56. The van der Waals surface area contributed by atoms with E-state index in [2.05, 4.69) is 5.32 Å². The lowest BCUT2D eigenvalue weighted by Gasteiger charge is -2.23. The van der Waals surface area contributed by atoms with E-state index in [1.165, 1.54) is 30.3 Å². The Morgan fingerprint density at radius 1 is 1.14 bits per heavy atom. The number of nitro groups is 1. The molecular weight excluding hydrogens is 407 g/mol. The number of rotatable bonds is 6. The lowest BCUT2D eigenvalue weighted by Crippen LogP contribution is -2.22. The predicted molar refractivity (Wildman–Crippen MR) is 105 cm³/mol. The van der Waals surface area contributed by atoms with Crippen LogP contribution >= 0.6 is 11.8 Å². The Bertz CT molecular complexity index is 898. The summed E-state index contributed by atoms with van der Waals surface area (Å²) in [5, 5.41) is 13.3. The second-order valence-electron chi connectivity index (χ2n) is 6.51. The molecule has 1 N–H and O–H groups in total. The Balaban J connectivity index is 1.71. The molecule has 3 rings (SSSR count). The predicted octanol–water partition coefficient (Wildman–Crippen LogP) is 4.94. The molecule has 0 spiro atoms. The Labute approximate surface area is 169 Å². The maximum atomic E-state index is 13.1. The van der Waals surface area contributed by atoms with Gasteiger partial charge >= 0.3 is 6.18 Å². The topological polar surface area (TPSA) is 75.5 Å². The van der Waals surface area contributed by atoms with Gasteiger partial charge in [0, 0.05) is 30.1 Å². The van der Waals surface area contributed by atoms with Crippen LogP contribution in [0.2, 0.25) is 0 Å². The Morgan fingerprint density at radius 2 is 1.79 bits per heavy atom. The molecule has 2 aromatic carbocycles. The molecule has 0 aliphatic carbocycles. The third-order valence-electron chi connectivity index (χ3n) is 4.46. The van der Waals surface area contributed by atoms with Crippen LogP contribution in [0, 0.1) is 10.1 Å². The second kappa shape index (κ2) is 8.73. The van der Waals surface area contributed by atoms with Crippen molar-refractivity contribution in [1.29, 1.82) is 0 Å². The van der Waals surface area contributed by atoms with Crippen molar-refractivity contribution in [2.75, 3.05) is 29.1 Å². The molecule has 0 atom stereocenters. The number of hydrogen-bond acceptors (Lipinski definition) is 5. The van der Waals surface area contributed by atoms with Crippen LogP contribution < -0.4 is 10.2 Å². The normalized spacial score (nSPS) is 14.1. The molecule has 6 nitrogen and oxygen atoms in total. The molecule has 0 unspecified atom stereocenters. The van der Waals surface area contributed by atoms with Crippen LogP contribution in [0.15, 0.2) is 47.4 Å². The summed E-state index contributed by atoms with van der Waals surface area (Å²) in [6, 6.07) is 9.09. The fourth-order valence-electron chi connectivity index (χ4n) is 3.05. The molecule has 0 bridgehead atoms. The van der Waals surface area contributed by atoms with Crippen LogP contribution in [0.4, 0.5) is 30.2 Å². The van der Waals surface area contributed by atoms with Crippen molar-refractivity contribution in [3.8, 4) is 0 Å². The molecule has 29 heavy (non-hydrogen) atoms. The highest BCUT2D eigenvalue weighted by Crippen LogP contribution is 2.36. The van der Waals surface area contributed by atoms with E-state index < -0.39 is 22.6 Å². The summed E-state index contributed by atoms with van der Waals surface area (Å²) in [7, 11) is 0. The largest absolute Gasteiger partial charge is 0.416 e. The van der Waals surface area contributed by atoms with Crippen LogP contribution in [0.3, 0.4) is 0 Å². The Morgan fingerprint density at radius 3 is 2.38 bits per heavy atom. The lowest BCUT2D eigenvalue weighted by molar-refractivity contribution is -0.384. The molecule has 1 amide bonds. The maximum absolute atomic E-state index is 13.1. The highest BCUT2D eigenvalue weighted by molar-refractivity contribution is 8.00. The van der Waals surface area contributed by atoms with Crippen molar-refractivity contribution in [2.24, 2.45) is 0 Å². The van der Waals surface area contributed by atoms with Crippen molar-refractivity contribution in [1.82, 2.24) is 0 Å². The molecule has 10 heteroatoms. The summed E-state index contributed by atoms with van der Waals surface area (Å²) in [4.78, 5) is 25.1. The molecule has 0 saturated carbocycles. The van der Waals surface area contributed by atoms with Gasteiger partial charge in [-0.1, -0.05) is 0 Å². The first-order valence-electron chi connectivity index (χ1n) is 8.87. The van der Waals surface area contributed by atoms with E-state index in [1.54, 1.807) is 0 Å². The number of halogens is 3. The molecule has 1 aliphatic heterocycles. The zero-order valence-corrected chi connectivity index (χ0v) is 16.1. The van der Waals surface area contributed by atoms with Crippen LogP contribution in [-0.4, -0.2) is 29.7 Å². The molecular formula is C19H18F3N3O3S. The van der Waals surface area contributed by atoms with Crippen LogP contribution in [0.5, 0.6) is 0 Å². The molecule has 1 heterocycles. The minimum atomic E-state index is -4.50. The first kappa shape index (κ1) is 21.0. The highest BCUT2D eigenvalue weighted by Gasteiger charge is 2.32. The van der Waals surface area contributed by atoms with E-state index in [1.807, 2.05) is 4.90 Å². The van der Waals surface area contributed by atoms with Gasteiger partial charge in [0.25, 0.3) is 5.69 Å². The van der Waals surface area contributed by atoms with Crippen LogP contribution in [0.25, 0.3) is 0 Å². The molecule has 1 fully saturated rings. The number of nitrogens with zero attached hydrogens (tertiary/aromatic N) is 2. The number of anilines is 2. The molecule has 0 radical (unpaired) electrons. The quantitative estimate of drug-likeness (QED) is 0.403. The molecule has 1 aliphatic rings. The summed E-state index contributed by atoms with van der Waals surface area (Å²) in [5.74, 6) is -0.485. The van der Waals surface area contributed by atoms with E-state index >= 15 is 0 Å². The summed E-state index contributed by atoms with van der Waals surface area (Å²) < 4.78 is 39.3. The number of benzene rings is 2. The average Bonchev–Trinajstić information content (AvgIpc) is 3.20. The number of alkyl halides is 3. The van der Waals surface area contributed by atoms with Gasteiger partial charge in [-0.3, -0.25) is 14.9 Å². The number of nitro benzene ring substituents is 1. The van der Waals surface area contributed by atoms with Gasteiger partial charge in [0.15, 0.2) is 0 Å². The average molecular weight is 425 g/mol. The standard InChI is InChI=1S/C19H18F3N3O3S/c20-19(21,22)13-3-8-17(24-9-1-2-10-24)16(11-13)23-18(26)12-29-15-6-4-14(5-7-15)25(27)28/h3-8,11H,1-2,9-10,12H2,(H,23,26). The first-order valence-corrected chi connectivity index (χ1v) is 9.86. The van der Waals surface area contributed by atoms with Gasteiger partial charge in [-0.05, 0) is 43.2 Å². The summed E-state index contributed by atoms with van der Waals surface area (Å²) in [6.07, 6.45) is -2.61. The molecule has 1 saturated heterocycles. The van der Waals surface area contributed by atoms with Gasteiger partial charge in [0.2, 0.25) is 5.91 Å². The van der Waals surface area contributed by atoms with E-state index in [4.69, 9.17) is 0 Å². The van der Waals surface area contributed by atoms with Crippen molar-refractivity contribution in [3.05, 3.63) is 58.1 Å². The Hall–Kier alpha value is -2.75. The van der Waals surface area contributed by atoms with Crippen molar-refractivity contribution in [3.63, 3.8) is 0 Å². The van der Waals surface area contributed by atoms with Gasteiger partial charge < -0.3 is 10.2 Å². The fourth-order valence-corrected chi connectivity index (χ4v) is 3.74. The number of hydrogen-bond donors (Lipinski definition) is 1. The summed E-state index contributed by atoms with van der Waals surface area (Å²) in [5.41, 5.74) is -0.169. The summed E-state index contributed by atoms with van der Waals surface area (Å²) >= 11 is 1.15. The maximum Gasteiger partial charge on any atom is 0.416 e. The number of carbonyl (C=O) groups excluding carboxylic acids is 1. The lowest BCUT2D eigenvalue weighted by atomic mass is 10.1. The van der Waals surface area contributed by atoms with Crippen molar-refractivity contribution in [2.45, 2.75) is 23.9 Å². The van der Waals surface area contributed by atoms with Gasteiger partial charge in [-0.2, -0.15) is 13.2 Å². The van der Waals surface area contributed by atoms with E-state index in [-0.39, 0.29) is 17.1 Å². The number of carbonyl (C=O) groups is 1. The summed E-state index contributed by atoms with van der Waals surface area (Å²) in [6.45, 7) is 1.46. The SMILES string of the molecule is O=C(CSc1ccc([N+](=O)[O-])cc1)Nc1cc(C(F)(F)F)ccc1N1CCCC1. The van der Waals surface area contributed by atoms with Gasteiger partial charge in [0.05, 0.1) is 27.6 Å². The minimum Gasteiger partial charge on any atom is -0.370 e. The number of nitrogens with one attached hydrogen (secondary N) is 1. The van der Waals surface area contributed by atoms with E-state index in [9.17, 15) is 28.1 Å².